The molecule has 0 aromatic carbocycles. The Labute approximate surface area is 92.7 Å². The molecule has 1 amide bonds. The predicted octanol–water partition coefficient (Wildman–Crippen LogP) is -2.83. The van der Waals surface area contributed by atoms with Crippen LogP contribution in [0.15, 0.2) is 0 Å². The van der Waals surface area contributed by atoms with E-state index >= 15 is 0 Å². The summed E-state index contributed by atoms with van der Waals surface area (Å²) in [5, 5.41) is 40.0. The molecule has 1 fully saturated rings. The van der Waals surface area contributed by atoms with Crippen molar-refractivity contribution >= 4 is 5.91 Å². The number of carbonyl (C=O) groups excluding carboxylic acids is 1. The van der Waals surface area contributed by atoms with Gasteiger partial charge < -0.3 is 30.5 Å². The fourth-order valence-corrected chi connectivity index (χ4v) is 1.64. The summed E-state index contributed by atoms with van der Waals surface area (Å²) in [5.41, 5.74) is 0. The second-order valence-corrected chi connectivity index (χ2v) is 3.83. The smallest absolute Gasteiger partial charge is 0.216 e. The van der Waals surface area contributed by atoms with E-state index < -0.39 is 37.1 Å². The number of hydrogen-bond donors (Lipinski definition) is 5. The topological polar surface area (TPSA) is 119 Å². The third-order valence-electron chi connectivity index (χ3n) is 2.62. The second kappa shape index (κ2) is 5.55. The summed E-state index contributed by atoms with van der Waals surface area (Å²) >= 11 is 0. The molecular weight excluding hydrogens is 218 g/mol. The molecule has 5 atom stereocenters. The number of ether oxygens (including phenoxy) is 1. The molecule has 0 saturated carbocycles. The van der Waals surface area contributed by atoms with E-state index in [0.717, 1.165) is 0 Å². The lowest BCUT2D eigenvalue weighted by atomic mass is 9.91. The van der Waals surface area contributed by atoms with Crippen LogP contribution in [0.2, 0.25) is 0 Å². The summed E-state index contributed by atoms with van der Waals surface area (Å²) in [6.45, 7) is 0.796. The van der Waals surface area contributed by atoms with Crippen LogP contribution in [0, 0.1) is 5.92 Å². The summed E-state index contributed by atoms with van der Waals surface area (Å²) in [6, 6.07) is 0. The van der Waals surface area contributed by atoms with Crippen LogP contribution in [0.1, 0.15) is 6.92 Å². The van der Waals surface area contributed by atoms with Crippen LogP contribution in [0.3, 0.4) is 0 Å². The van der Waals surface area contributed by atoms with Crippen LogP contribution in [0.4, 0.5) is 0 Å². The Hall–Kier alpha value is -0.730. The zero-order chi connectivity index (χ0) is 12.3. The van der Waals surface area contributed by atoms with Crippen molar-refractivity contribution in [2.75, 3.05) is 13.2 Å². The van der Waals surface area contributed by atoms with Crippen molar-refractivity contribution in [3.05, 3.63) is 0 Å². The molecule has 0 aliphatic carbocycles. The van der Waals surface area contributed by atoms with Gasteiger partial charge in [0.25, 0.3) is 0 Å². The largest absolute Gasteiger partial charge is 0.394 e. The quantitative estimate of drug-likeness (QED) is 0.360. The Bertz CT molecular complexity index is 248. The lowest BCUT2D eigenvalue weighted by Crippen LogP contribution is -2.58. The molecule has 1 aliphatic heterocycles. The van der Waals surface area contributed by atoms with Crippen LogP contribution < -0.4 is 5.32 Å². The van der Waals surface area contributed by atoms with Gasteiger partial charge in [-0.05, 0) is 0 Å². The number of aliphatic hydroxyl groups excluding tert-OH is 4. The Balaban J connectivity index is 2.60. The molecule has 1 rings (SSSR count). The minimum Gasteiger partial charge on any atom is -0.394 e. The first-order chi connectivity index (χ1) is 7.47. The van der Waals surface area contributed by atoms with E-state index in [4.69, 9.17) is 9.84 Å². The normalized spacial score (nSPS) is 39.4. The van der Waals surface area contributed by atoms with E-state index in [1.165, 1.54) is 6.92 Å². The summed E-state index contributed by atoms with van der Waals surface area (Å²) in [5.74, 6) is -1.13. The van der Waals surface area contributed by atoms with Crippen molar-refractivity contribution < 1.29 is 30.0 Å². The molecule has 16 heavy (non-hydrogen) atoms. The van der Waals surface area contributed by atoms with Crippen molar-refractivity contribution in [1.29, 1.82) is 0 Å². The van der Waals surface area contributed by atoms with Crippen molar-refractivity contribution in [2.24, 2.45) is 5.92 Å². The van der Waals surface area contributed by atoms with Gasteiger partial charge in [-0.25, -0.2) is 0 Å². The minimum absolute atomic E-state index is 0.00707. The predicted molar refractivity (Wildman–Crippen MR) is 52.2 cm³/mol. The highest BCUT2D eigenvalue weighted by atomic mass is 16.6. The summed E-state index contributed by atoms with van der Waals surface area (Å²) in [4.78, 5) is 10.7. The monoisotopic (exact) mass is 235 g/mol. The SMILES string of the molecule is CC(=O)NC[C@H]1C(O)O[C@H](CO)[C@H](O)C1O. The molecule has 0 aromatic heterocycles. The molecule has 7 nitrogen and oxygen atoms in total. The molecule has 5 N–H and O–H groups in total. The number of hydrogen-bond acceptors (Lipinski definition) is 6. The number of carbonyl (C=O) groups is 1. The van der Waals surface area contributed by atoms with E-state index in [-0.39, 0.29) is 12.5 Å². The zero-order valence-electron chi connectivity index (χ0n) is 8.91. The van der Waals surface area contributed by atoms with Gasteiger partial charge in [0, 0.05) is 13.5 Å². The van der Waals surface area contributed by atoms with E-state index in [0.29, 0.717) is 0 Å². The third-order valence-corrected chi connectivity index (χ3v) is 2.62. The van der Waals surface area contributed by atoms with Gasteiger partial charge in [0.15, 0.2) is 6.29 Å². The maximum Gasteiger partial charge on any atom is 0.216 e. The highest BCUT2D eigenvalue weighted by molar-refractivity contribution is 5.72. The van der Waals surface area contributed by atoms with Crippen LogP contribution >= 0.6 is 0 Å². The van der Waals surface area contributed by atoms with Crippen LogP contribution in [-0.4, -0.2) is 64.1 Å². The molecule has 0 spiro atoms. The molecule has 1 heterocycles. The number of amides is 1. The molecule has 0 aromatic rings. The maximum absolute atomic E-state index is 10.7. The van der Waals surface area contributed by atoms with Gasteiger partial charge in [-0.2, -0.15) is 0 Å². The van der Waals surface area contributed by atoms with Gasteiger partial charge in [0.05, 0.1) is 18.6 Å². The van der Waals surface area contributed by atoms with Gasteiger partial charge in [-0.3, -0.25) is 4.79 Å². The Morgan fingerprint density at radius 3 is 2.44 bits per heavy atom. The van der Waals surface area contributed by atoms with Gasteiger partial charge in [-0.15, -0.1) is 0 Å². The molecule has 1 aliphatic rings. The second-order valence-electron chi connectivity index (χ2n) is 3.83. The molecule has 7 heteroatoms. The van der Waals surface area contributed by atoms with Gasteiger partial charge in [0.1, 0.15) is 12.2 Å². The number of aliphatic hydroxyl groups is 4. The summed E-state index contributed by atoms with van der Waals surface area (Å²) in [7, 11) is 0. The van der Waals surface area contributed by atoms with Crippen molar-refractivity contribution in [2.45, 2.75) is 31.5 Å². The van der Waals surface area contributed by atoms with E-state index in [1.54, 1.807) is 0 Å². The first-order valence-corrected chi connectivity index (χ1v) is 5.02. The minimum atomic E-state index is -1.33. The lowest BCUT2D eigenvalue weighted by molar-refractivity contribution is -0.268. The van der Waals surface area contributed by atoms with E-state index in [2.05, 4.69) is 5.32 Å². The summed E-state index contributed by atoms with van der Waals surface area (Å²) < 4.78 is 4.91. The fraction of sp³-hybridized carbons (Fsp3) is 0.889. The highest BCUT2D eigenvalue weighted by Gasteiger charge is 2.43. The first kappa shape index (κ1) is 13.3. The Kier molecular flexibility index (Phi) is 4.63. The molecule has 1 saturated heterocycles. The third kappa shape index (κ3) is 2.89. The average Bonchev–Trinajstić information content (AvgIpc) is 2.22. The van der Waals surface area contributed by atoms with Crippen molar-refractivity contribution in [3.63, 3.8) is 0 Å². The van der Waals surface area contributed by atoms with Crippen LogP contribution in [0.5, 0.6) is 0 Å². The summed E-state index contributed by atoms with van der Waals surface area (Å²) in [6.07, 6.45) is -4.89. The molecule has 94 valence electrons. The van der Waals surface area contributed by atoms with E-state index in [1.807, 2.05) is 0 Å². The first-order valence-electron chi connectivity index (χ1n) is 5.02. The average molecular weight is 235 g/mol. The molecule has 0 radical (unpaired) electrons. The Morgan fingerprint density at radius 2 is 1.94 bits per heavy atom. The zero-order valence-corrected chi connectivity index (χ0v) is 8.91. The van der Waals surface area contributed by atoms with Gasteiger partial charge >= 0.3 is 0 Å². The van der Waals surface area contributed by atoms with Crippen LogP contribution in [-0.2, 0) is 9.53 Å². The molecular formula is C9H17NO6. The fourth-order valence-electron chi connectivity index (χ4n) is 1.64. The maximum atomic E-state index is 10.7. The van der Waals surface area contributed by atoms with Gasteiger partial charge in [-0.1, -0.05) is 0 Å². The number of nitrogens with one attached hydrogen (secondary N) is 1. The lowest BCUT2D eigenvalue weighted by Gasteiger charge is -2.40. The number of rotatable bonds is 3. The molecule has 2 unspecified atom stereocenters. The Morgan fingerprint density at radius 1 is 1.31 bits per heavy atom. The van der Waals surface area contributed by atoms with Gasteiger partial charge in [0.2, 0.25) is 5.91 Å². The van der Waals surface area contributed by atoms with Crippen LogP contribution in [0.25, 0.3) is 0 Å². The standard InChI is InChI=1S/C9H17NO6/c1-4(12)10-2-5-7(13)8(14)6(3-11)16-9(5)15/h5-9,11,13-15H,2-3H2,1H3,(H,10,12)/t5-,6-,7?,8+,9?/m1/s1. The van der Waals surface area contributed by atoms with Crippen molar-refractivity contribution in [1.82, 2.24) is 5.32 Å². The highest BCUT2D eigenvalue weighted by Crippen LogP contribution is 2.24. The molecule has 0 bridgehead atoms. The van der Waals surface area contributed by atoms with E-state index in [9.17, 15) is 20.1 Å². The van der Waals surface area contributed by atoms with Crippen molar-refractivity contribution in [3.8, 4) is 0 Å².